The van der Waals surface area contributed by atoms with Crippen LogP contribution >= 0.6 is 0 Å². The number of rotatable bonds is 4. The van der Waals surface area contributed by atoms with Crippen molar-refractivity contribution in [1.82, 2.24) is 4.57 Å². The zero-order valence-corrected chi connectivity index (χ0v) is 12.1. The van der Waals surface area contributed by atoms with E-state index in [0.717, 1.165) is 11.3 Å². The molecule has 2 N–H and O–H groups in total. The maximum atomic E-state index is 11.0. The summed E-state index contributed by atoms with van der Waals surface area (Å²) in [5.74, 6) is -1.46. The molecular weight excluding hydrogens is 292 g/mol. The number of para-hydroxylation sites is 1. The summed E-state index contributed by atoms with van der Waals surface area (Å²) in [6.45, 7) is 0. The van der Waals surface area contributed by atoms with E-state index in [-0.39, 0.29) is 11.3 Å². The Kier molecular flexibility index (Phi) is 3.93. The SMILES string of the molecule is O=C(O)c1cc(N=Cc2ccn(-c3ccccc3)c2)ccc1O. The highest BCUT2D eigenvalue weighted by Gasteiger charge is 2.09. The van der Waals surface area contributed by atoms with Gasteiger partial charge in [-0.3, -0.25) is 4.99 Å². The molecule has 0 bridgehead atoms. The van der Waals surface area contributed by atoms with Crippen molar-refractivity contribution < 1.29 is 15.0 Å². The van der Waals surface area contributed by atoms with Gasteiger partial charge in [-0.25, -0.2) is 4.79 Å². The van der Waals surface area contributed by atoms with Crippen LogP contribution in [0, 0.1) is 0 Å². The Hall–Kier alpha value is -3.34. The van der Waals surface area contributed by atoms with E-state index in [1.165, 1.54) is 12.1 Å². The molecule has 0 aliphatic carbocycles. The van der Waals surface area contributed by atoms with Crippen LogP contribution in [0.3, 0.4) is 0 Å². The standard InChI is InChI=1S/C18H14N2O3/c21-17-7-6-14(10-16(17)18(22)23)19-11-13-8-9-20(12-13)15-4-2-1-3-5-15/h1-12,21H,(H,22,23). The molecule has 1 aromatic heterocycles. The molecule has 0 atom stereocenters. The number of hydrogen-bond acceptors (Lipinski definition) is 3. The van der Waals surface area contributed by atoms with Crippen molar-refractivity contribution in [3.05, 3.63) is 78.1 Å². The van der Waals surface area contributed by atoms with Gasteiger partial charge >= 0.3 is 5.97 Å². The van der Waals surface area contributed by atoms with Crippen LogP contribution in [0.5, 0.6) is 5.75 Å². The highest BCUT2D eigenvalue weighted by Crippen LogP contribution is 2.23. The minimum atomic E-state index is -1.19. The van der Waals surface area contributed by atoms with Crippen molar-refractivity contribution >= 4 is 17.9 Å². The first kappa shape index (κ1) is 14.6. The molecule has 0 unspecified atom stereocenters. The topological polar surface area (TPSA) is 74.8 Å². The number of aliphatic imine (C=N–C) groups is 1. The van der Waals surface area contributed by atoms with Gasteiger partial charge in [0.05, 0.1) is 5.69 Å². The summed E-state index contributed by atoms with van der Waals surface area (Å²) in [7, 11) is 0. The lowest BCUT2D eigenvalue weighted by molar-refractivity contribution is 0.0694. The van der Waals surface area contributed by atoms with Gasteiger partial charge < -0.3 is 14.8 Å². The molecule has 0 aliphatic rings. The van der Waals surface area contributed by atoms with E-state index in [1.54, 1.807) is 12.3 Å². The van der Waals surface area contributed by atoms with Crippen molar-refractivity contribution in [2.45, 2.75) is 0 Å². The molecular formula is C18H14N2O3. The van der Waals surface area contributed by atoms with Crippen LogP contribution in [-0.4, -0.2) is 27.0 Å². The van der Waals surface area contributed by atoms with E-state index in [0.29, 0.717) is 5.69 Å². The lowest BCUT2D eigenvalue weighted by atomic mass is 10.2. The van der Waals surface area contributed by atoms with Crippen LogP contribution in [0.15, 0.2) is 72.0 Å². The maximum absolute atomic E-state index is 11.0. The molecule has 0 saturated carbocycles. The van der Waals surface area contributed by atoms with Crippen LogP contribution in [0.2, 0.25) is 0 Å². The Morgan fingerprint density at radius 2 is 1.87 bits per heavy atom. The van der Waals surface area contributed by atoms with Gasteiger partial charge in [0.2, 0.25) is 0 Å². The summed E-state index contributed by atoms with van der Waals surface area (Å²) in [5, 5.41) is 18.5. The average molecular weight is 306 g/mol. The van der Waals surface area contributed by atoms with E-state index in [4.69, 9.17) is 5.11 Å². The molecule has 3 rings (SSSR count). The minimum Gasteiger partial charge on any atom is -0.507 e. The van der Waals surface area contributed by atoms with E-state index in [9.17, 15) is 9.90 Å². The predicted molar refractivity (Wildman–Crippen MR) is 88.1 cm³/mol. The van der Waals surface area contributed by atoms with Gasteiger partial charge in [0.25, 0.3) is 0 Å². The molecule has 2 aromatic carbocycles. The van der Waals surface area contributed by atoms with Gasteiger partial charge in [0.1, 0.15) is 11.3 Å². The average Bonchev–Trinajstić information content (AvgIpc) is 3.03. The molecule has 3 aromatic rings. The van der Waals surface area contributed by atoms with Crippen LogP contribution in [0.1, 0.15) is 15.9 Å². The number of aromatic carboxylic acids is 1. The van der Waals surface area contributed by atoms with Crippen LogP contribution in [-0.2, 0) is 0 Å². The molecule has 0 spiro atoms. The highest BCUT2D eigenvalue weighted by atomic mass is 16.4. The van der Waals surface area contributed by atoms with E-state index < -0.39 is 5.97 Å². The van der Waals surface area contributed by atoms with Gasteiger partial charge in [0, 0.05) is 29.9 Å². The van der Waals surface area contributed by atoms with Gasteiger partial charge in [-0.1, -0.05) is 18.2 Å². The Morgan fingerprint density at radius 3 is 2.61 bits per heavy atom. The van der Waals surface area contributed by atoms with Crippen LogP contribution < -0.4 is 0 Å². The van der Waals surface area contributed by atoms with Crippen molar-refractivity contribution in [3.63, 3.8) is 0 Å². The summed E-state index contributed by atoms with van der Waals surface area (Å²) in [5.41, 5.74) is 2.23. The Balaban J connectivity index is 1.83. The molecule has 0 aliphatic heterocycles. The first-order valence-electron chi connectivity index (χ1n) is 6.97. The minimum absolute atomic E-state index is 0.165. The molecule has 5 nitrogen and oxygen atoms in total. The first-order chi connectivity index (χ1) is 11.1. The largest absolute Gasteiger partial charge is 0.507 e. The summed E-state index contributed by atoms with van der Waals surface area (Å²) in [4.78, 5) is 15.2. The van der Waals surface area contributed by atoms with Gasteiger partial charge in [-0.2, -0.15) is 0 Å². The third kappa shape index (κ3) is 3.29. The van der Waals surface area contributed by atoms with Crippen molar-refractivity contribution in [3.8, 4) is 11.4 Å². The fraction of sp³-hybridized carbons (Fsp3) is 0. The number of aromatic nitrogens is 1. The molecule has 0 amide bonds. The predicted octanol–water partition coefficient (Wildman–Crippen LogP) is 3.63. The van der Waals surface area contributed by atoms with Crippen molar-refractivity contribution in [2.24, 2.45) is 4.99 Å². The number of carboxylic acids is 1. The maximum Gasteiger partial charge on any atom is 0.339 e. The second kappa shape index (κ2) is 6.19. The van der Waals surface area contributed by atoms with Crippen molar-refractivity contribution in [2.75, 3.05) is 0 Å². The Bertz CT molecular complexity index is 867. The lowest BCUT2D eigenvalue weighted by Gasteiger charge is -2.01. The highest BCUT2D eigenvalue weighted by molar-refractivity contribution is 5.92. The number of carboxylic acid groups (broad SMARTS) is 1. The zero-order valence-electron chi connectivity index (χ0n) is 12.1. The number of phenols is 1. The normalized spacial score (nSPS) is 11.0. The lowest BCUT2D eigenvalue weighted by Crippen LogP contribution is -1.95. The number of carbonyl (C=O) groups is 1. The number of benzene rings is 2. The fourth-order valence-electron chi connectivity index (χ4n) is 2.17. The number of nitrogens with zero attached hydrogens (tertiary/aromatic N) is 2. The number of aromatic hydroxyl groups is 1. The molecule has 0 fully saturated rings. The summed E-state index contributed by atoms with van der Waals surface area (Å²) in [6, 6.07) is 16.0. The van der Waals surface area contributed by atoms with Gasteiger partial charge in [-0.15, -0.1) is 0 Å². The molecule has 23 heavy (non-hydrogen) atoms. The second-order valence-electron chi connectivity index (χ2n) is 4.95. The smallest absolute Gasteiger partial charge is 0.339 e. The molecule has 114 valence electrons. The third-order valence-electron chi connectivity index (χ3n) is 3.34. The Morgan fingerprint density at radius 1 is 1.09 bits per heavy atom. The molecule has 0 radical (unpaired) electrons. The van der Waals surface area contributed by atoms with E-state index in [2.05, 4.69) is 4.99 Å². The summed E-state index contributed by atoms with van der Waals surface area (Å²) in [6.07, 6.45) is 5.50. The van der Waals surface area contributed by atoms with Crippen LogP contribution in [0.25, 0.3) is 5.69 Å². The van der Waals surface area contributed by atoms with Gasteiger partial charge in [0.15, 0.2) is 0 Å². The monoisotopic (exact) mass is 306 g/mol. The summed E-state index contributed by atoms with van der Waals surface area (Å²) >= 11 is 0. The molecule has 0 saturated heterocycles. The zero-order chi connectivity index (χ0) is 16.2. The van der Waals surface area contributed by atoms with Crippen LogP contribution in [0.4, 0.5) is 5.69 Å². The third-order valence-corrected chi connectivity index (χ3v) is 3.34. The summed E-state index contributed by atoms with van der Waals surface area (Å²) < 4.78 is 1.97. The van der Waals surface area contributed by atoms with Crippen molar-refractivity contribution in [1.29, 1.82) is 0 Å². The van der Waals surface area contributed by atoms with E-state index >= 15 is 0 Å². The fourth-order valence-corrected chi connectivity index (χ4v) is 2.17. The molecule has 5 heteroatoms. The Labute approximate surface area is 132 Å². The quantitative estimate of drug-likeness (QED) is 0.723. The molecule has 1 heterocycles. The van der Waals surface area contributed by atoms with Gasteiger partial charge in [-0.05, 0) is 36.4 Å². The van der Waals surface area contributed by atoms with E-state index in [1.807, 2.05) is 53.4 Å². The number of hydrogen-bond donors (Lipinski definition) is 2. The first-order valence-corrected chi connectivity index (χ1v) is 6.97. The second-order valence-corrected chi connectivity index (χ2v) is 4.95.